The SMILES string of the molecule is CCOCCC(N)[SiH3]. The first-order chi connectivity index (χ1) is 3.77. The summed E-state index contributed by atoms with van der Waals surface area (Å²) in [6, 6.07) is 0. The lowest BCUT2D eigenvalue weighted by molar-refractivity contribution is 0.144. The highest BCUT2D eigenvalue weighted by atomic mass is 28.1. The highest BCUT2D eigenvalue weighted by molar-refractivity contribution is 6.11. The van der Waals surface area contributed by atoms with Crippen LogP contribution < -0.4 is 5.73 Å². The normalized spacial score (nSPS) is 14.2. The summed E-state index contributed by atoms with van der Waals surface area (Å²) in [7, 11) is 1.08. The molecule has 0 radical (unpaired) electrons. The van der Waals surface area contributed by atoms with Gasteiger partial charge in [0.25, 0.3) is 0 Å². The number of hydrogen-bond donors (Lipinski definition) is 1. The number of ether oxygens (including phenoxy) is 1. The molecule has 50 valence electrons. The van der Waals surface area contributed by atoms with Gasteiger partial charge in [-0.25, -0.2) is 0 Å². The van der Waals surface area contributed by atoms with Gasteiger partial charge in [-0.1, -0.05) is 0 Å². The topological polar surface area (TPSA) is 35.2 Å². The van der Waals surface area contributed by atoms with Crippen LogP contribution in [0.2, 0.25) is 0 Å². The third-order valence-corrected chi connectivity index (χ3v) is 1.50. The molecule has 0 saturated heterocycles. The maximum Gasteiger partial charge on any atom is 0.0477 e. The van der Waals surface area contributed by atoms with Crippen LogP contribution in [0.25, 0.3) is 0 Å². The van der Waals surface area contributed by atoms with Gasteiger partial charge in [-0.3, -0.25) is 0 Å². The fraction of sp³-hybridized carbons (Fsp3) is 1.00. The third-order valence-electron chi connectivity index (χ3n) is 0.922. The molecule has 0 amide bonds. The number of nitrogens with two attached hydrogens (primary N) is 1. The van der Waals surface area contributed by atoms with Crippen LogP contribution in [0, 0.1) is 0 Å². The maximum absolute atomic E-state index is 5.51. The Morgan fingerprint density at radius 1 is 1.75 bits per heavy atom. The van der Waals surface area contributed by atoms with Crippen LogP contribution in [0.4, 0.5) is 0 Å². The van der Waals surface area contributed by atoms with Crippen molar-refractivity contribution in [2.75, 3.05) is 13.2 Å². The van der Waals surface area contributed by atoms with Crippen LogP contribution >= 0.6 is 0 Å². The quantitative estimate of drug-likeness (QED) is 0.397. The van der Waals surface area contributed by atoms with Crippen LogP contribution in [0.5, 0.6) is 0 Å². The Morgan fingerprint density at radius 3 is 2.75 bits per heavy atom. The Kier molecular flexibility index (Phi) is 5.37. The predicted molar refractivity (Wildman–Crippen MR) is 39.0 cm³/mol. The molecule has 0 aliphatic carbocycles. The van der Waals surface area contributed by atoms with E-state index in [4.69, 9.17) is 10.5 Å². The van der Waals surface area contributed by atoms with Crippen molar-refractivity contribution >= 4 is 10.2 Å². The fourth-order valence-electron chi connectivity index (χ4n) is 0.414. The second-order valence-corrected chi connectivity index (χ2v) is 3.45. The molecular formula is C5H15NOSi. The van der Waals surface area contributed by atoms with E-state index in [2.05, 4.69) is 0 Å². The molecule has 0 fully saturated rings. The van der Waals surface area contributed by atoms with Gasteiger partial charge in [0.2, 0.25) is 0 Å². The zero-order valence-electron chi connectivity index (χ0n) is 5.68. The second-order valence-electron chi connectivity index (χ2n) is 1.96. The minimum absolute atomic E-state index is 0.418. The van der Waals surface area contributed by atoms with Crippen LogP contribution in [0.1, 0.15) is 13.3 Å². The minimum Gasteiger partial charge on any atom is -0.382 e. The Labute approximate surface area is 53.8 Å². The molecule has 0 aliphatic rings. The maximum atomic E-state index is 5.51. The summed E-state index contributed by atoms with van der Waals surface area (Å²) in [6.07, 6.45) is 1.03. The van der Waals surface area contributed by atoms with E-state index in [1.54, 1.807) is 0 Å². The molecule has 0 saturated carbocycles. The van der Waals surface area contributed by atoms with E-state index in [1.807, 2.05) is 6.92 Å². The van der Waals surface area contributed by atoms with Crippen molar-refractivity contribution in [3.05, 3.63) is 0 Å². The molecule has 1 unspecified atom stereocenters. The zero-order valence-corrected chi connectivity index (χ0v) is 7.68. The van der Waals surface area contributed by atoms with Gasteiger partial charge in [-0.15, -0.1) is 0 Å². The van der Waals surface area contributed by atoms with E-state index >= 15 is 0 Å². The standard InChI is InChI=1S/C5H15NOSi/c1-2-7-4-3-5(6)8/h5H,2-4,6H2,1,8H3. The molecule has 0 spiro atoms. The molecular weight excluding hydrogens is 118 g/mol. The number of rotatable bonds is 4. The van der Waals surface area contributed by atoms with E-state index in [-0.39, 0.29) is 0 Å². The Bertz CT molecular complexity index is 49.7. The molecule has 8 heavy (non-hydrogen) atoms. The van der Waals surface area contributed by atoms with Crippen LogP contribution in [-0.4, -0.2) is 29.1 Å². The van der Waals surface area contributed by atoms with Crippen molar-refractivity contribution in [1.29, 1.82) is 0 Å². The summed E-state index contributed by atoms with van der Waals surface area (Å²) in [6.45, 7) is 3.65. The average Bonchev–Trinajstić information content (AvgIpc) is 1.66. The summed E-state index contributed by atoms with van der Waals surface area (Å²) >= 11 is 0. The first-order valence-corrected chi connectivity index (χ1v) is 4.26. The van der Waals surface area contributed by atoms with Crippen LogP contribution in [-0.2, 0) is 4.74 Å². The van der Waals surface area contributed by atoms with Crippen LogP contribution in [0.15, 0.2) is 0 Å². The predicted octanol–water partition coefficient (Wildman–Crippen LogP) is -0.937. The molecule has 0 aromatic rings. The van der Waals surface area contributed by atoms with Crippen molar-refractivity contribution in [3.63, 3.8) is 0 Å². The van der Waals surface area contributed by atoms with E-state index < -0.39 is 0 Å². The molecule has 0 aromatic heterocycles. The van der Waals surface area contributed by atoms with Crippen molar-refractivity contribution in [2.45, 2.75) is 19.0 Å². The van der Waals surface area contributed by atoms with Gasteiger partial charge in [-0.2, -0.15) is 0 Å². The Balaban J connectivity index is 2.72. The molecule has 0 aliphatic heterocycles. The molecule has 0 aromatic carbocycles. The summed E-state index contributed by atoms with van der Waals surface area (Å²) in [5.74, 6) is 0. The summed E-state index contributed by atoms with van der Waals surface area (Å²) in [5, 5.41) is 0. The van der Waals surface area contributed by atoms with Gasteiger partial charge in [0, 0.05) is 23.5 Å². The second kappa shape index (κ2) is 5.28. The van der Waals surface area contributed by atoms with Crippen molar-refractivity contribution < 1.29 is 4.74 Å². The molecule has 0 bridgehead atoms. The van der Waals surface area contributed by atoms with E-state index in [0.29, 0.717) is 5.67 Å². The van der Waals surface area contributed by atoms with Crippen molar-refractivity contribution in [1.82, 2.24) is 0 Å². The minimum atomic E-state index is 0.418. The highest BCUT2D eigenvalue weighted by Crippen LogP contribution is 1.82. The fourth-order valence-corrected chi connectivity index (χ4v) is 0.649. The first-order valence-electron chi connectivity index (χ1n) is 3.10. The first kappa shape index (κ1) is 8.14. The molecule has 3 heteroatoms. The van der Waals surface area contributed by atoms with Crippen LogP contribution in [0.3, 0.4) is 0 Å². The monoisotopic (exact) mass is 133 g/mol. The summed E-state index contributed by atoms with van der Waals surface area (Å²) in [5.41, 5.74) is 5.93. The zero-order chi connectivity index (χ0) is 6.41. The molecule has 1 atom stereocenters. The molecule has 2 N–H and O–H groups in total. The van der Waals surface area contributed by atoms with Gasteiger partial charge in [0.15, 0.2) is 0 Å². The van der Waals surface area contributed by atoms with Gasteiger partial charge < -0.3 is 10.5 Å². The molecule has 2 nitrogen and oxygen atoms in total. The largest absolute Gasteiger partial charge is 0.382 e. The lowest BCUT2D eigenvalue weighted by Gasteiger charge is -2.02. The van der Waals surface area contributed by atoms with E-state index in [1.165, 1.54) is 0 Å². The van der Waals surface area contributed by atoms with E-state index in [9.17, 15) is 0 Å². The van der Waals surface area contributed by atoms with Gasteiger partial charge in [0.1, 0.15) is 0 Å². The third kappa shape index (κ3) is 6.14. The van der Waals surface area contributed by atoms with Gasteiger partial charge in [-0.05, 0) is 19.0 Å². The lowest BCUT2D eigenvalue weighted by Crippen LogP contribution is -2.21. The Hall–Kier alpha value is 0.137. The molecule has 0 heterocycles. The van der Waals surface area contributed by atoms with Gasteiger partial charge >= 0.3 is 0 Å². The van der Waals surface area contributed by atoms with E-state index in [0.717, 1.165) is 29.9 Å². The van der Waals surface area contributed by atoms with Crippen molar-refractivity contribution in [2.24, 2.45) is 5.73 Å². The molecule has 0 rings (SSSR count). The lowest BCUT2D eigenvalue weighted by atomic mass is 10.4. The summed E-state index contributed by atoms with van der Waals surface area (Å²) in [4.78, 5) is 0. The van der Waals surface area contributed by atoms with Gasteiger partial charge in [0.05, 0.1) is 0 Å². The smallest absolute Gasteiger partial charge is 0.0477 e. The Morgan fingerprint density at radius 2 is 2.38 bits per heavy atom. The number of hydrogen-bond acceptors (Lipinski definition) is 2. The highest BCUT2D eigenvalue weighted by Gasteiger charge is 1.90. The summed E-state index contributed by atoms with van der Waals surface area (Å²) < 4.78 is 5.09. The van der Waals surface area contributed by atoms with Crippen molar-refractivity contribution in [3.8, 4) is 0 Å². The average molecular weight is 133 g/mol.